The van der Waals surface area contributed by atoms with Gasteiger partial charge in [-0.15, -0.1) is 0 Å². The van der Waals surface area contributed by atoms with E-state index in [0.717, 1.165) is 0 Å². The summed E-state index contributed by atoms with van der Waals surface area (Å²) in [6.45, 7) is 0.358. The molecule has 0 aliphatic carbocycles. The van der Waals surface area contributed by atoms with Crippen LogP contribution >= 0.6 is 23.2 Å². The Morgan fingerprint density at radius 2 is 2.31 bits per heavy atom. The lowest BCUT2D eigenvalue weighted by molar-refractivity contribution is 0.0686. The summed E-state index contributed by atoms with van der Waals surface area (Å²) >= 11 is 10.8. The molecule has 0 radical (unpaired) electrons. The standard InChI is InChI=1S/C8H7Cl2NO2/c9-7(10)3-5-11-4-1-2-6(11)8(12)13/h1-4H,5H2,(H,12,13). The third-order valence-corrected chi connectivity index (χ3v) is 1.80. The van der Waals surface area contributed by atoms with E-state index >= 15 is 0 Å². The zero-order chi connectivity index (χ0) is 9.84. The van der Waals surface area contributed by atoms with Gasteiger partial charge in [-0.05, 0) is 18.2 Å². The van der Waals surface area contributed by atoms with Crippen LogP contribution in [0.2, 0.25) is 0 Å². The maximum absolute atomic E-state index is 10.6. The van der Waals surface area contributed by atoms with Gasteiger partial charge < -0.3 is 9.67 Å². The summed E-state index contributed by atoms with van der Waals surface area (Å²) in [4.78, 5) is 10.6. The molecule has 0 aliphatic heterocycles. The first-order valence-electron chi connectivity index (χ1n) is 3.51. The minimum atomic E-state index is -0.968. The van der Waals surface area contributed by atoms with Crippen molar-refractivity contribution in [1.82, 2.24) is 4.57 Å². The van der Waals surface area contributed by atoms with E-state index in [2.05, 4.69) is 0 Å². The van der Waals surface area contributed by atoms with Gasteiger partial charge in [0.2, 0.25) is 0 Å². The summed E-state index contributed by atoms with van der Waals surface area (Å²) in [6.07, 6.45) is 3.17. The fraction of sp³-hybridized carbons (Fsp3) is 0.125. The molecule has 0 saturated heterocycles. The molecule has 1 aromatic heterocycles. The predicted molar refractivity (Wildman–Crippen MR) is 51.2 cm³/mol. The molecule has 70 valence electrons. The Morgan fingerprint density at radius 1 is 1.62 bits per heavy atom. The van der Waals surface area contributed by atoms with Crippen LogP contribution in [0.15, 0.2) is 28.9 Å². The summed E-state index contributed by atoms with van der Waals surface area (Å²) < 4.78 is 1.66. The molecule has 0 spiro atoms. The molecule has 5 heteroatoms. The van der Waals surface area contributed by atoms with Gasteiger partial charge >= 0.3 is 5.97 Å². The molecule has 1 N–H and O–H groups in total. The number of carboxylic acids is 1. The lowest BCUT2D eigenvalue weighted by Crippen LogP contribution is -2.06. The number of nitrogens with zero attached hydrogens (tertiary/aromatic N) is 1. The Labute approximate surface area is 85.2 Å². The van der Waals surface area contributed by atoms with Crippen molar-refractivity contribution in [2.45, 2.75) is 6.54 Å². The smallest absolute Gasteiger partial charge is 0.352 e. The second kappa shape index (κ2) is 4.35. The number of allylic oxidation sites excluding steroid dienone is 1. The van der Waals surface area contributed by atoms with Crippen LogP contribution in [0.1, 0.15) is 10.5 Å². The van der Waals surface area contributed by atoms with E-state index in [1.54, 1.807) is 12.3 Å². The van der Waals surface area contributed by atoms with E-state index in [0.29, 0.717) is 6.54 Å². The molecule has 0 amide bonds. The second-order valence-electron chi connectivity index (χ2n) is 2.34. The second-order valence-corrected chi connectivity index (χ2v) is 3.35. The SMILES string of the molecule is O=C(O)c1cccn1CC=C(Cl)Cl. The Kier molecular flexibility index (Phi) is 3.39. The van der Waals surface area contributed by atoms with E-state index in [9.17, 15) is 4.79 Å². The number of halogens is 2. The quantitative estimate of drug-likeness (QED) is 0.850. The van der Waals surface area contributed by atoms with Crippen molar-refractivity contribution < 1.29 is 9.90 Å². The molecule has 0 aromatic carbocycles. The number of carboxylic acid groups (broad SMARTS) is 1. The Bertz CT molecular complexity index is 340. The first kappa shape index (κ1) is 10.2. The Hall–Kier alpha value is -0.930. The van der Waals surface area contributed by atoms with Gasteiger partial charge in [-0.25, -0.2) is 4.79 Å². The average molecular weight is 220 g/mol. The normalized spacial score (nSPS) is 9.69. The number of carbonyl (C=O) groups is 1. The molecule has 1 heterocycles. The molecule has 3 nitrogen and oxygen atoms in total. The van der Waals surface area contributed by atoms with Crippen LogP contribution in [0.4, 0.5) is 0 Å². The molecule has 0 unspecified atom stereocenters. The van der Waals surface area contributed by atoms with Gasteiger partial charge in [0.05, 0.1) is 0 Å². The summed E-state index contributed by atoms with van der Waals surface area (Å²) in [5, 5.41) is 8.71. The van der Waals surface area contributed by atoms with Crippen LogP contribution in [0, 0.1) is 0 Å². The van der Waals surface area contributed by atoms with E-state index in [4.69, 9.17) is 28.3 Å². The number of hydrogen-bond acceptors (Lipinski definition) is 1. The summed E-state index contributed by atoms with van der Waals surface area (Å²) in [5.74, 6) is -0.968. The fourth-order valence-electron chi connectivity index (χ4n) is 0.935. The van der Waals surface area contributed by atoms with E-state index in [1.165, 1.54) is 16.7 Å². The van der Waals surface area contributed by atoms with Gasteiger partial charge in [0, 0.05) is 12.7 Å². The molecular weight excluding hydrogens is 213 g/mol. The van der Waals surface area contributed by atoms with Crippen LogP contribution < -0.4 is 0 Å². The van der Waals surface area contributed by atoms with Gasteiger partial charge in [0.15, 0.2) is 0 Å². The Morgan fingerprint density at radius 3 is 2.85 bits per heavy atom. The molecule has 0 fully saturated rings. The monoisotopic (exact) mass is 219 g/mol. The Balaban J connectivity index is 2.83. The lowest BCUT2D eigenvalue weighted by Gasteiger charge is -2.01. The third-order valence-electron chi connectivity index (χ3n) is 1.49. The van der Waals surface area contributed by atoms with Gasteiger partial charge in [-0.1, -0.05) is 23.2 Å². The molecule has 1 rings (SSSR count). The molecule has 13 heavy (non-hydrogen) atoms. The number of aromatic nitrogens is 1. The number of aromatic carboxylic acids is 1. The van der Waals surface area contributed by atoms with Crippen molar-refractivity contribution in [2.24, 2.45) is 0 Å². The maximum Gasteiger partial charge on any atom is 0.352 e. The van der Waals surface area contributed by atoms with Crippen molar-refractivity contribution in [1.29, 1.82) is 0 Å². The molecular formula is C8H7Cl2NO2. The van der Waals surface area contributed by atoms with Gasteiger partial charge in [-0.2, -0.15) is 0 Å². The minimum absolute atomic E-state index is 0.130. The van der Waals surface area contributed by atoms with Crippen LogP contribution in [-0.4, -0.2) is 15.6 Å². The minimum Gasteiger partial charge on any atom is -0.477 e. The van der Waals surface area contributed by atoms with E-state index in [1.807, 2.05) is 0 Å². The highest BCUT2D eigenvalue weighted by atomic mass is 35.5. The van der Waals surface area contributed by atoms with E-state index in [-0.39, 0.29) is 10.2 Å². The zero-order valence-corrected chi connectivity index (χ0v) is 8.09. The largest absolute Gasteiger partial charge is 0.477 e. The van der Waals surface area contributed by atoms with Crippen molar-refractivity contribution in [2.75, 3.05) is 0 Å². The van der Waals surface area contributed by atoms with Crippen LogP contribution in [0.3, 0.4) is 0 Å². The highest BCUT2D eigenvalue weighted by Crippen LogP contribution is 2.08. The van der Waals surface area contributed by atoms with Crippen LogP contribution in [-0.2, 0) is 6.54 Å². The number of rotatable bonds is 3. The summed E-state index contributed by atoms with van der Waals surface area (Å²) in [5.41, 5.74) is 0.214. The topological polar surface area (TPSA) is 42.2 Å². The highest BCUT2D eigenvalue weighted by molar-refractivity contribution is 6.55. The molecule has 0 bridgehead atoms. The van der Waals surface area contributed by atoms with Gasteiger partial charge in [0.1, 0.15) is 10.2 Å². The van der Waals surface area contributed by atoms with Crippen molar-refractivity contribution in [3.63, 3.8) is 0 Å². The summed E-state index contributed by atoms with van der Waals surface area (Å²) in [7, 11) is 0. The van der Waals surface area contributed by atoms with Crippen LogP contribution in [0.25, 0.3) is 0 Å². The number of hydrogen-bond donors (Lipinski definition) is 1. The molecule has 0 saturated carbocycles. The molecule has 0 aliphatic rings. The maximum atomic E-state index is 10.6. The van der Waals surface area contributed by atoms with Gasteiger partial charge in [0.25, 0.3) is 0 Å². The van der Waals surface area contributed by atoms with Crippen LogP contribution in [0.5, 0.6) is 0 Å². The van der Waals surface area contributed by atoms with Crippen molar-refractivity contribution in [3.05, 3.63) is 34.6 Å². The zero-order valence-electron chi connectivity index (χ0n) is 6.58. The van der Waals surface area contributed by atoms with Crippen molar-refractivity contribution in [3.8, 4) is 0 Å². The first-order valence-corrected chi connectivity index (χ1v) is 4.26. The fourth-order valence-corrected chi connectivity index (χ4v) is 1.07. The third kappa shape index (κ3) is 2.79. The van der Waals surface area contributed by atoms with Gasteiger partial charge in [-0.3, -0.25) is 0 Å². The average Bonchev–Trinajstić information content (AvgIpc) is 2.47. The van der Waals surface area contributed by atoms with E-state index < -0.39 is 5.97 Å². The predicted octanol–water partition coefficient (Wildman–Crippen LogP) is 2.51. The molecule has 1 aromatic rings. The van der Waals surface area contributed by atoms with Crippen molar-refractivity contribution >= 4 is 29.2 Å². The first-order chi connectivity index (χ1) is 6.11. The summed E-state index contributed by atoms with van der Waals surface area (Å²) in [6, 6.07) is 3.16. The molecule has 0 atom stereocenters. The highest BCUT2D eigenvalue weighted by Gasteiger charge is 2.06. The lowest BCUT2D eigenvalue weighted by atomic mass is 10.4.